The van der Waals surface area contributed by atoms with Crippen LogP contribution in [-0.4, -0.2) is 10.9 Å². The van der Waals surface area contributed by atoms with E-state index in [0.29, 0.717) is 11.3 Å². The van der Waals surface area contributed by atoms with Crippen LogP contribution >= 0.6 is 11.3 Å². The molecular weight excluding hydrogens is 219 g/mol. The molecule has 0 aromatic carbocycles. The Kier molecular flexibility index (Phi) is 2.65. The highest BCUT2D eigenvalue weighted by molar-refractivity contribution is 7.19. The van der Waals surface area contributed by atoms with Crippen molar-refractivity contribution in [3.05, 3.63) is 5.69 Å². The minimum atomic E-state index is -4.59. The summed E-state index contributed by atoms with van der Waals surface area (Å²) in [5, 5.41) is 1.52. The van der Waals surface area contributed by atoms with Crippen LogP contribution in [0.3, 0.4) is 0 Å². The second-order valence-corrected chi connectivity index (χ2v) is 3.44. The number of nitrogens with one attached hydrogen (secondary N) is 1. The van der Waals surface area contributed by atoms with Gasteiger partial charge < -0.3 is 11.1 Å². The number of nitrogens with two attached hydrogens (primary N) is 1. The Morgan fingerprint density at radius 1 is 1.57 bits per heavy atom. The average molecular weight is 225 g/mol. The van der Waals surface area contributed by atoms with Crippen LogP contribution in [0, 0.1) is 0 Å². The summed E-state index contributed by atoms with van der Waals surface area (Å²) in [5.74, 6) is -0.493. The van der Waals surface area contributed by atoms with Crippen LogP contribution in [0.1, 0.15) is 12.6 Å². The molecule has 3 N–H and O–H groups in total. The van der Waals surface area contributed by atoms with E-state index < -0.39 is 22.8 Å². The summed E-state index contributed by atoms with van der Waals surface area (Å²) in [6.07, 6.45) is -4.59. The number of carbonyl (C=O) groups excluding carboxylic acids is 1. The molecule has 78 valence electrons. The highest BCUT2D eigenvalue weighted by Crippen LogP contribution is 2.37. The van der Waals surface area contributed by atoms with Gasteiger partial charge in [-0.25, -0.2) is 4.98 Å². The van der Waals surface area contributed by atoms with E-state index in [4.69, 9.17) is 5.73 Å². The lowest BCUT2D eigenvalue weighted by molar-refractivity contribution is -0.140. The molecule has 0 fully saturated rings. The number of nitrogen functional groups attached to an aromatic ring is 1. The predicted molar refractivity (Wildman–Crippen MR) is 45.8 cm³/mol. The lowest BCUT2D eigenvalue weighted by Crippen LogP contribution is -2.09. The molecule has 1 amide bonds. The molecule has 1 heterocycles. The van der Waals surface area contributed by atoms with Gasteiger partial charge in [0.15, 0.2) is 10.8 Å². The molecule has 0 bridgehead atoms. The smallest absolute Gasteiger partial charge is 0.389 e. The van der Waals surface area contributed by atoms with Crippen molar-refractivity contribution in [2.45, 2.75) is 13.1 Å². The standard InChI is InChI=1S/C6H6F3N3OS/c1-2(13)11-5-12-3(4(10)14-5)6(7,8)9/h10H2,1H3,(H,11,12,13). The molecule has 14 heavy (non-hydrogen) atoms. The van der Waals surface area contributed by atoms with Gasteiger partial charge in [-0.1, -0.05) is 11.3 Å². The summed E-state index contributed by atoms with van der Waals surface area (Å²) < 4.78 is 36.5. The Hall–Kier alpha value is -1.31. The first-order valence-electron chi connectivity index (χ1n) is 3.42. The van der Waals surface area contributed by atoms with Gasteiger partial charge in [0.1, 0.15) is 5.00 Å². The molecule has 0 spiro atoms. The fraction of sp³-hybridized carbons (Fsp3) is 0.333. The van der Waals surface area contributed by atoms with Gasteiger partial charge in [-0.15, -0.1) is 0 Å². The summed E-state index contributed by atoms with van der Waals surface area (Å²) >= 11 is 0.584. The Morgan fingerprint density at radius 3 is 2.50 bits per heavy atom. The van der Waals surface area contributed by atoms with Gasteiger partial charge in [-0.05, 0) is 0 Å². The third-order valence-corrected chi connectivity index (χ3v) is 2.00. The third-order valence-electron chi connectivity index (χ3n) is 1.20. The summed E-state index contributed by atoms with van der Waals surface area (Å²) in [5.41, 5.74) is 3.93. The molecule has 0 aliphatic rings. The number of aromatic nitrogens is 1. The van der Waals surface area contributed by atoms with Gasteiger partial charge in [-0.2, -0.15) is 13.2 Å². The van der Waals surface area contributed by atoms with Gasteiger partial charge >= 0.3 is 6.18 Å². The summed E-state index contributed by atoms with van der Waals surface area (Å²) in [7, 11) is 0. The fourth-order valence-electron chi connectivity index (χ4n) is 0.739. The second-order valence-electron chi connectivity index (χ2n) is 2.41. The first-order valence-corrected chi connectivity index (χ1v) is 4.23. The van der Waals surface area contributed by atoms with Gasteiger partial charge in [0.05, 0.1) is 0 Å². The van der Waals surface area contributed by atoms with Gasteiger partial charge in [0.25, 0.3) is 0 Å². The Bertz CT molecular complexity index is 360. The zero-order valence-electron chi connectivity index (χ0n) is 6.97. The number of thiazole rings is 1. The minimum absolute atomic E-state index is 0.151. The lowest BCUT2D eigenvalue weighted by atomic mass is 10.4. The molecule has 0 aliphatic heterocycles. The second kappa shape index (κ2) is 3.45. The molecule has 1 rings (SSSR count). The molecule has 0 atom stereocenters. The number of hydrogen-bond donors (Lipinski definition) is 2. The van der Waals surface area contributed by atoms with Crippen LogP contribution in [0.5, 0.6) is 0 Å². The summed E-state index contributed by atoms with van der Waals surface area (Å²) in [6, 6.07) is 0. The maximum atomic E-state index is 12.2. The average Bonchev–Trinajstić information content (AvgIpc) is 2.27. The molecule has 8 heteroatoms. The number of hydrogen-bond acceptors (Lipinski definition) is 4. The molecule has 0 saturated carbocycles. The quantitative estimate of drug-likeness (QED) is 0.764. The van der Waals surface area contributed by atoms with Gasteiger partial charge in [-0.3, -0.25) is 4.79 Å². The van der Waals surface area contributed by atoms with Crippen LogP contribution in [0.15, 0.2) is 0 Å². The fourth-order valence-corrected chi connectivity index (χ4v) is 1.54. The monoisotopic (exact) mass is 225 g/mol. The van der Waals surface area contributed by atoms with Crippen molar-refractivity contribution in [3.8, 4) is 0 Å². The lowest BCUT2D eigenvalue weighted by Gasteiger charge is -2.01. The number of carbonyl (C=O) groups is 1. The van der Waals surface area contributed by atoms with E-state index in [1.807, 2.05) is 0 Å². The van der Waals surface area contributed by atoms with Crippen molar-refractivity contribution in [3.63, 3.8) is 0 Å². The maximum Gasteiger partial charge on any atom is 0.436 e. The first-order chi connectivity index (χ1) is 6.30. The van der Waals surface area contributed by atoms with E-state index in [9.17, 15) is 18.0 Å². The van der Waals surface area contributed by atoms with E-state index >= 15 is 0 Å². The molecule has 0 radical (unpaired) electrons. The van der Waals surface area contributed by atoms with Crippen molar-refractivity contribution < 1.29 is 18.0 Å². The van der Waals surface area contributed by atoms with Crippen molar-refractivity contribution in [1.29, 1.82) is 0 Å². The van der Waals surface area contributed by atoms with Crippen LogP contribution in [-0.2, 0) is 11.0 Å². The zero-order valence-corrected chi connectivity index (χ0v) is 7.79. The number of halogens is 3. The van der Waals surface area contributed by atoms with Crippen molar-refractivity contribution in [2.75, 3.05) is 11.1 Å². The number of amides is 1. The molecule has 1 aromatic rings. The highest BCUT2D eigenvalue weighted by Gasteiger charge is 2.37. The first kappa shape index (κ1) is 10.8. The molecule has 0 unspecified atom stereocenters. The summed E-state index contributed by atoms with van der Waals surface area (Å²) in [4.78, 5) is 13.7. The topological polar surface area (TPSA) is 68.0 Å². The largest absolute Gasteiger partial charge is 0.436 e. The van der Waals surface area contributed by atoms with Crippen molar-refractivity contribution in [2.24, 2.45) is 0 Å². The van der Waals surface area contributed by atoms with Crippen LogP contribution in [0.2, 0.25) is 0 Å². The number of rotatable bonds is 1. The molecule has 1 aromatic heterocycles. The van der Waals surface area contributed by atoms with E-state index in [1.54, 1.807) is 0 Å². The van der Waals surface area contributed by atoms with Crippen LogP contribution in [0.25, 0.3) is 0 Å². The Balaban J connectivity index is 2.99. The van der Waals surface area contributed by atoms with Gasteiger partial charge in [0.2, 0.25) is 5.91 Å². The Labute approximate surface area is 80.9 Å². The zero-order chi connectivity index (χ0) is 10.9. The van der Waals surface area contributed by atoms with Crippen molar-refractivity contribution >= 4 is 27.4 Å². The van der Waals surface area contributed by atoms with E-state index in [-0.39, 0.29) is 5.13 Å². The number of alkyl halides is 3. The number of nitrogens with zero attached hydrogens (tertiary/aromatic N) is 1. The molecular formula is C6H6F3N3OS. The summed E-state index contributed by atoms with van der Waals surface area (Å²) in [6.45, 7) is 1.17. The van der Waals surface area contributed by atoms with Crippen LogP contribution in [0.4, 0.5) is 23.3 Å². The Morgan fingerprint density at radius 2 is 2.14 bits per heavy atom. The highest BCUT2D eigenvalue weighted by atomic mass is 32.1. The number of anilines is 2. The van der Waals surface area contributed by atoms with Gasteiger partial charge in [0, 0.05) is 6.92 Å². The SMILES string of the molecule is CC(=O)Nc1nc(C(F)(F)F)c(N)s1. The predicted octanol–water partition coefficient (Wildman–Crippen LogP) is 1.70. The normalized spacial score (nSPS) is 11.4. The maximum absolute atomic E-state index is 12.2. The molecule has 0 aliphatic carbocycles. The molecule has 0 saturated heterocycles. The van der Waals surface area contributed by atoms with E-state index in [2.05, 4.69) is 10.3 Å². The van der Waals surface area contributed by atoms with Crippen molar-refractivity contribution in [1.82, 2.24) is 4.98 Å². The van der Waals surface area contributed by atoms with E-state index in [1.165, 1.54) is 6.92 Å². The van der Waals surface area contributed by atoms with Crippen LogP contribution < -0.4 is 11.1 Å². The van der Waals surface area contributed by atoms with E-state index in [0.717, 1.165) is 0 Å². The minimum Gasteiger partial charge on any atom is -0.389 e. The third kappa shape index (κ3) is 2.34. The molecule has 4 nitrogen and oxygen atoms in total.